The van der Waals surface area contributed by atoms with Crippen molar-refractivity contribution in [3.05, 3.63) is 52.7 Å². The lowest BCUT2D eigenvalue weighted by Crippen LogP contribution is -2.47. The van der Waals surface area contributed by atoms with Crippen LogP contribution in [0, 0.1) is 45.3 Å². The maximum Gasteiger partial charge on any atom is 0.573 e. The lowest BCUT2D eigenvalue weighted by atomic mass is 9.58. The quantitative estimate of drug-likeness (QED) is 0.819. The summed E-state index contributed by atoms with van der Waals surface area (Å²) in [5.41, 5.74) is 5.46. The van der Waals surface area contributed by atoms with E-state index >= 15 is 0 Å². The summed E-state index contributed by atoms with van der Waals surface area (Å²) in [4.78, 5) is 1.97. The van der Waals surface area contributed by atoms with Crippen molar-refractivity contribution < 1.29 is 17.9 Å². The number of nitrogens with zero attached hydrogens (tertiary/aromatic N) is 4. The Morgan fingerprint density at radius 2 is 1.79 bits per heavy atom. The summed E-state index contributed by atoms with van der Waals surface area (Å²) in [7, 11) is 1.86. The highest BCUT2D eigenvalue weighted by atomic mass is 19.4. The van der Waals surface area contributed by atoms with Gasteiger partial charge in [0.15, 0.2) is 5.41 Å². The molecule has 0 bridgehead atoms. The topological polar surface area (TPSA) is 110 Å². The molecule has 0 fully saturated rings. The van der Waals surface area contributed by atoms with Crippen molar-refractivity contribution in [2.24, 2.45) is 17.1 Å². The molecule has 1 aliphatic heterocycles. The van der Waals surface area contributed by atoms with Crippen molar-refractivity contribution in [1.82, 2.24) is 4.90 Å². The Kier molecular flexibility index (Phi) is 5.00. The molecule has 0 aromatic heterocycles. The van der Waals surface area contributed by atoms with Crippen molar-refractivity contribution in [2.75, 3.05) is 20.1 Å². The molecule has 0 saturated heterocycles. The zero-order chi connectivity index (χ0) is 21.4. The lowest BCUT2D eigenvalue weighted by Gasteiger charge is -2.45. The van der Waals surface area contributed by atoms with Gasteiger partial charge in [-0.15, -0.1) is 13.2 Å². The number of nitriles is 3. The third-order valence-corrected chi connectivity index (χ3v) is 5.32. The summed E-state index contributed by atoms with van der Waals surface area (Å²) in [5, 5.41) is 29.4. The average Bonchev–Trinajstić information content (AvgIpc) is 2.67. The monoisotopic (exact) mass is 399 g/mol. The van der Waals surface area contributed by atoms with Crippen LogP contribution in [0.5, 0.6) is 5.75 Å². The largest absolute Gasteiger partial charge is 0.573 e. The highest BCUT2D eigenvalue weighted by Crippen LogP contribution is 2.54. The summed E-state index contributed by atoms with van der Waals surface area (Å²) in [6.45, 7) is 1.03. The van der Waals surface area contributed by atoms with Crippen molar-refractivity contribution in [3.63, 3.8) is 0 Å². The van der Waals surface area contributed by atoms with Gasteiger partial charge in [-0.3, -0.25) is 0 Å². The lowest BCUT2D eigenvalue weighted by molar-refractivity contribution is -0.274. The number of halogens is 3. The third-order valence-electron chi connectivity index (χ3n) is 5.32. The minimum absolute atomic E-state index is 0.125. The first-order chi connectivity index (χ1) is 13.7. The van der Waals surface area contributed by atoms with E-state index in [4.69, 9.17) is 5.73 Å². The zero-order valence-electron chi connectivity index (χ0n) is 15.4. The summed E-state index contributed by atoms with van der Waals surface area (Å²) < 4.78 is 41.3. The van der Waals surface area contributed by atoms with Gasteiger partial charge >= 0.3 is 6.36 Å². The second-order valence-electron chi connectivity index (χ2n) is 7.01. The van der Waals surface area contributed by atoms with Gasteiger partial charge in [0.25, 0.3) is 0 Å². The zero-order valence-corrected chi connectivity index (χ0v) is 15.4. The first-order valence-electron chi connectivity index (χ1n) is 8.64. The van der Waals surface area contributed by atoms with Crippen LogP contribution >= 0.6 is 0 Å². The number of likely N-dealkylation sites (N-methyl/N-ethyl adjacent to an activating group) is 1. The fourth-order valence-corrected chi connectivity index (χ4v) is 4.08. The van der Waals surface area contributed by atoms with Crippen LogP contribution in [0.25, 0.3) is 0 Å². The minimum Gasteiger partial charge on any atom is -0.406 e. The SMILES string of the molecule is CN1CC=C2C(C#N)=C(N)C(C#N)(C#N)C(c3ccc(OC(F)(F)F)cc3)C2C1. The van der Waals surface area contributed by atoms with Crippen LogP contribution in [0.2, 0.25) is 0 Å². The minimum atomic E-state index is -4.83. The van der Waals surface area contributed by atoms with E-state index in [0.29, 0.717) is 24.2 Å². The fourth-order valence-electron chi connectivity index (χ4n) is 4.08. The van der Waals surface area contributed by atoms with Crippen LogP contribution in [0.15, 0.2) is 47.2 Å². The summed E-state index contributed by atoms with van der Waals surface area (Å²) in [6, 6.07) is 11.0. The first kappa shape index (κ1) is 20.3. The third kappa shape index (κ3) is 3.40. The van der Waals surface area contributed by atoms with Gasteiger partial charge in [0.1, 0.15) is 11.8 Å². The number of fused-ring (bicyclic) bond motifs is 1. The highest BCUT2D eigenvalue weighted by molar-refractivity contribution is 5.59. The molecule has 1 aliphatic carbocycles. The molecular formula is C20H16F3N5O. The van der Waals surface area contributed by atoms with Crippen LogP contribution in [-0.4, -0.2) is 31.4 Å². The second kappa shape index (κ2) is 7.16. The summed E-state index contributed by atoms with van der Waals surface area (Å²) >= 11 is 0. The van der Waals surface area contributed by atoms with Gasteiger partial charge in [-0.05, 0) is 30.3 Å². The Balaban J connectivity index is 2.17. The van der Waals surface area contributed by atoms with Gasteiger partial charge in [-0.25, -0.2) is 0 Å². The molecule has 1 aromatic carbocycles. The van der Waals surface area contributed by atoms with E-state index in [1.165, 1.54) is 12.1 Å². The number of hydrogen-bond acceptors (Lipinski definition) is 6. The van der Waals surface area contributed by atoms with Gasteiger partial charge in [-0.2, -0.15) is 15.8 Å². The van der Waals surface area contributed by atoms with Crippen molar-refractivity contribution in [1.29, 1.82) is 15.8 Å². The molecular weight excluding hydrogens is 383 g/mol. The highest BCUT2D eigenvalue weighted by Gasteiger charge is 2.54. The maximum absolute atomic E-state index is 12.5. The molecule has 1 aromatic rings. The molecule has 0 amide bonds. The number of rotatable bonds is 2. The molecule has 0 saturated carbocycles. The Hall–Kier alpha value is -3.48. The molecule has 2 aliphatic rings. The first-order valence-corrected chi connectivity index (χ1v) is 8.64. The molecule has 1 heterocycles. The number of ether oxygens (including phenoxy) is 1. The van der Waals surface area contributed by atoms with E-state index in [-0.39, 0.29) is 11.3 Å². The molecule has 9 heteroatoms. The van der Waals surface area contributed by atoms with Gasteiger partial charge in [0.2, 0.25) is 0 Å². The van der Waals surface area contributed by atoms with E-state index in [2.05, 4.69) is 4.74 Å². The Bertz CT molecular complexity index is 991. The number of allylic oxidation sites excluding steroid dienone is 2. The van der Waals surface area contributed by atoms with E-state index in [1.54, 1.807) is 0 Å². The van der Waals surface area contributed by atoms with Crippen molar-refractivity contribution >= 4 is 0 Å². The molecule has 2 unspecified atom stereocenters. The Morgan fingerprint density at radius 3 is 2.31 bits per heavy atom. The maximum atomic E-state index is 12.5. The van der Waals surface area contributed by atoms with E-state index in [0.717, 1.165) is 12.1 Å². The molecule has 6 nitrogen and oxygen atoms in total. The number of nitrogens with two attached hydrogens (primary N) is 1. The van der Waals surface area contributed by atoms with Gasteiger partial charge in [0.05, 0.1) is 23.4 Å². The molecule has 0 spiro atoms. The summed E-state index contributed by atoms with van der Waals surface area (Å²) in [5.74, 6) is -1.57. The van der Waals surface area contributed by atoms with Crippen molar-refractivity contribution in [2.45, 2.75) is 12.3 Å². The number of alkyl halides is 3. The van der Waals surface area contributed by atoms with Crippen LogP contribution in [-0.2, 0) is 0 Å². The molecule has 2 N–H and O–H groups in total. The smallest absolute Gasteiger partial charge is 0.406 e. The van der Waals surface area contributed by atoms with Gasteiger partial charge in [0, 0.05) is 24.9 Å². The normalized spacial score (nSPS) is 23.8. The van der Waals surface area contributed by atoms with E-state index in [1.807, 2.05) is 36.2 Å². The van der Waals surface area contributed by atoms with Gasteiger partial charge in [-0.1, -0.05) is 18.2 Å². The Labute approximate surface area is 165 Å². The van der Waals surface area contributed by atoms with Crippen LogP contribution < -0.4 is 10.5 Å². The number of benzene rings is 1. The second-order valence-corrected chi connectivity index (χ2v) is 7.01. The standard InChI is InChI=1S/C20H16F3N5O/c1-28-7-6-14-15(8-24)18(27)19(10-25,11-26)17(16(14)9-28)12-2-4-13(5-3-12)29-20(21,22)23/h2-6,16-17H,7,9,27H2,1H3. The molecule has 29 heavy (non-hydrogen) atoms. The molecule has 148 valence electrons. The Morgan fingerprint density at radius 1 is 1.17 bits per heavy atom. The van der Waals surface area contributed by atoms with Gasteiger partial charge < -0.3 is 15.4 Å². The van der Waals surface area contributed by atoms with Crippen molar-refractivity contribution in [3.8, 4) is 24.0 Å². The van der Waals surface area contributed by atoms with Crippen LogP contribution in [0.3, 0.4) is 0 Å². The molecule has 3 rings (SSSR count). The predicted molar refractivity (Wildman–Crippen MR) is 95.4 cm³/mol. The molecule has 2 atom stereocenters. The fraction of sp³-hybridized carbons (Fsp3) is 0.350. The van der Waals surface area contributed by atoms with Crippen LogP contribution in [0.4, 0.5) is 13.2 Å². The predicted octanol–water partition coefficient (Wildman–Crippen LogP) is 2.94. The summed E-state index contributed by atoms with van der Waals surface area (Å²) in [6.07, 6.45) is -2.99. The van der Waals surface area contributed by atoms with E-state index in [9.17, 15) is 29.0 Å². The van der Waals surface area contributed by atoms with E-state index < -0.39 is 29.4 Å². The number of hydrogen-bond donors (Lipinski definition) is 1. The van der Waals surface area contributed by atoms with Crippen LogP contribution in [0.1, 0.15) is 11.5 Å². The average molecular weight is 399 g/mol. The molecule has 0 radical (unpaired) electrons.